The highest BCUT2D eigenvalue weighted by Gasteiger charge is 2.29. The fourth-order valence-corrected chi connectivity index (χ4v) is 3.02. The van der Waals surface area contributed by atoms with Gasteiger partial charge in [0.2, 0.25) is 0 Å². The molecule has 0 spiro atoms. The van der Waals surface area contributed by atoms with Crippen LogP contribution in [0.25, 0.3) is 22.4 Å². The van der Waals surface area contributed by atoms with Crippen LogP contribution in [0.15, 0.2) is 30.6 Å². The van der Waals surface area contributed by atoms with Gasteiger partial charge in [0, 0.05) is 24.0 Å². The van der Waals surface area contributed by atoms with Gasteiger partial charge in [0.1, 0.15) is 5.82 Å². The summed E-state index contributed by atoms with van der Waals surface area (Å²) in [5, 5.41) is 1.12. The number of fused-ring (bicyclic) bond motifs is 1. The van der Waals surface area contributed by atoms with E-state index in [9.17, 15) is 0 Å². The van der Waals surface area contributed by atoms with Crippen LogP contribution in [-0.4, -0.2) is 14.5 Å². The molecule has 0 unspecified atom stereocenters. The summed E-state index contributed by atoms with van der Waals surface area (Å²) in [7, 11) is 0. The number of benzene rings is 1. The van der Waals surface area contributed by atoms with Crippen LogP contribution in [0.5, 0.6) is 0 Å². The van der Waals surface area contributed by atoms with Crippen LogP contribution in [0.3, 0.4) is 0 Å². The van der Waals surface area contributed by atoms with Crippen molar-refractivity contribution < 1.29 is 0 Å². The maximum Gasteiger partial charge on any atom is 0.141 e. The zero-order valence-electron chi connectivity index (χ0n) is 11.5. The molecule has 1 aromatic carbocycles. The Bertz CT molecular complexity index is 850. The molecule has 3 aromatic rings. The van der Waals surface area contributed by atoms with Crippen LogP contribution in [-0.2, 0) is 0 Å². The predicted molar refractivity (Wildman–Crippen MR) is 86.0 cm³/mol. The number of halogens is 2. The van der Waals surface area contributed by atoms with E-state index >= 15 is 0 Å². The SMILES string of the molecule is Cc1cnccc1-c1nc2cc(Cl)c(Cl)cc2n1C1CC1. The summed E-state index contributed by atoms with van der Waals surface area (Å²) >= 11 is 12.3. The molecule has 2 heterocycles. The van der Waals surface area contributed by atoms with Crippen molar-refractivity contribution in [2.75, 3.05) is 0 Å². The van der Waals surface area contributed by atoms with E-state index in [1.807, 2.05) is 24.4 Å². The van der Waals surface area contributed by atoms with Crippen LogP contribution < -0.4 is 0 Å². The molecule has 0 N–H and O–H groups in total. The lowest BCUT2D eigenvalue weighted by atomic mass is 10.1. The number of nitrogens with zero attached hydrogens (tertiary/aromatic N) is 3. The van der Waals surface area contributed by atoms with E-state index in [0.717, 1.165) is 28.0 Å². The van der Waals surface area contributed by atoms with Gasteiger partial charge in [0.05, 0.1) is 21.1 Å². The Morgan fingerprint density at radius 1 is 1.19 bits per heavy atom. The molecule has 106 valence electrons. The Labute approximate surface area is 132 Å². The van der Waals surface area contributed by atoms with Crippen molar-refractivity contribution in [3.63, 3.8) is 0 Å². The van der Waals surface area contributed by atoms with Gasteiger partial charge in [-0.1, -0.05) is 23.2 Å². The highest BCUT2D eigenvalue weighted by atomic mass is 35.5. The Kier molecular flexibility index (Phi) is 2.95. The minimum atomic E-state index is 0.509. The summed E-state index contributed by atoms with van der Waals surface area (Å²) in [5.74, 6) is 0.978. The van der Waals surface area contributed by atoms with Gasteiger partial charge >= 0.3 is 0 Å². The largest absolute Gasteiger partial charge is 0.321 e. The summed E-state index contributed by atoms with van der Waals surface area (Å²) in [6.45, 7) is 2.05. The summed E-state index contributed by atoms with van der Waals surface area (Å²) in [6, 6.07) is 6.29. The lowest BCUT2D eigenvalue weighted by Crippen LogP contribution is -1.99. The van der Waals surface area contributed by atoms with E-state index in [0.29, 0.717) is 16.1 Å². The van der Waals surface area contributed by atoms with Gasteiger partial charge in [-0.3, -0.25) is 4.98 Å². The molecule has 1 fully saturated rings. The van der Waals surface area contributed by atoms with Crippen LogP contribution in [0.1, 0.15) is 24.4 Å². The number of aryl methyl sites for hydroxylation is 1. The van der Waals surface area contributed by atoms with Crippen molar-refractivity contribution in [2.24, 2.45) is 0 Å². The summed E-state index contributed by atoms with van der Waals surface area (Å²) in [6.07, 6.45) is 6.04. The third-order valence-corrected chi connectivity index (χ3v) is 4.63. The number of imidazole rings is 1. The molecular formula is C16H13Cl2N3. The Morgan fingerprint density at radius 3 is 2.67 bits per heavy atom. The van der Waals surface area contributed by atoms with E-state index in [1.54, 1.807) is 6.20 Å². The second-order valence-corrected chi connectivity index (χ2v) is 6.30. The standard InChI is InChI=1S/C16H13Cl2N3/c1-9-8-19-5-4-11(9)16-20-14-6-12(17)13(18)7-15(14)21(16)10-2-3-10/h4-8,10H,2-3H2,1H3. The smallest absolute Gasteiger partial charge is 0.141 e. The first kappa shape index (κ1) is 13.1. The highest BCUT2D eigenvalue weighted by Crippen LogP contribution is 2.42. The first-order chi connectivity index (χ1) is 10.1. The quantitative estimate of drug-likeness (QED) is 0.662. The van der Waals surface area contributed by atoms with Crippen LogP contribution in [0, 0.1) is 6.92 Å². The molecule has 1 aliphatic carbocycles. The second kappa shape index (κ2) is 4.72. The molecule has 0 amide bonds. The third-order valence-electron chi connectivity index (χ3n) is 3.90. The predicted octanol–water partition coefficient (Wildman–Crippen LogP) is 5.05. The zero-order valence-corrected chi connectivity index (χ0v) is 13.0. The van der Waals surface area contributed by atoms with Gasteiger partial charge in [-0.2, -0.15) is 0 Å². The van der Waals surface area contributed by atoms with Gasteiger partial charge in [-0.05, 0) is 43.5 Å². The lowest BCUT2D eigenvalue weighted by Gasteiger charge is -2.09. The molecule has 0 saturated heterocycles. The average Bonchev–Trinajstić information content (AvgIpc) is 3.23. The number of pyridine rings is 1. The monoisotopic (exact) mass is 317 g/mol. The van der Waals surface area contributed by atoms with Gasteiger partial charge in [0.25, 0.3) is 0 Å². The van der Waals surface area contributed by atoms with Gasteiger partial charge in [0.15, 0.2) is 0 Å². The number of hydrogen-bond donors (Lipinski definition) is 0. The molecule has 2 aromatic heterocycles. The normalized spacial score (nSPS) is 14.8. The van der Waals surface area contributed by atoms with Crippen molar-refractivity contribution in [2.45, 2.75) is 25.8 Å². The van der Waals surface area contributed by atoms with E-state index in [2.05, 4.69) is 16.5 Å². The molecule has 0 bridgehead atoms. The average molecular weight is 318 g/mol. The fraction of sp³-hybridized carbons (Fsp3) is 0.250. The van der Waals surface area contributed by atoms with Crippen molar-refractivity contribution in [1.82, 2.24) is 14.5 Å². The highest BCUT2D eigenvalue weighted by molar-refractivity contribution is 6.42. The topological polar surface area (TPSA) is 30.7 Å². The van der Waals surface area contributed by atoms with E-state index < -0.39 is 0 Å². The lowest BCUT2D eigenvalue weighted by molar-refractivity contribution is 0.774. The van der Waals surface area contributed by atoms with Crippen molar-refractivity contribution in [1.29, 1.82) is 0 Å². The molecule has 0 radical (unpaired) electrons. The molecule has 5 heteroatoms. The maximum atomic E-state index is 6.19. The minimum absolute atomic E-state index is 0.509. The molecule has 1 aliphatic rings. The first-order valence-electron chi connectivity index (χ1n) is 6.93. The van der Waals surface area contributed by atoms with Crippen LogP contribution in [0.2, 0.25) is 10.0 Å². The Balaban J connectivity index is 2.05. The minimum Gasteiger partial charge on any atom is -0.321 e. The maximum absolute atomic E-state index is 6.19. The molecular weight excluding hydrogens is 305 g/mol. The van der Waals surface area contributed by atoms with Gasteiger partial charge in [-0.25, -0.2) is 4.98 Å². The Morgan fingerprint density at radius 2 is 1.95 bits per heavy atom. The van der Waals surface area contributed by atoms with E-state index in [4.69, 9.17) is 28.2 Å². The van der Waals surface area contributed by atoms with E-state index in [-0.39, 0.29) is 0 Å². The summed E-state index contributed by atoms with van der Waals surface area (Å²) in [4.78, 5) is 8.96. The van der Waals surface area contributed by atoms with Crippen LogP contribution in [0.4, 0.5) is 0 Å². The number of hydrogen-bond acceptors (Lipinski definition) is 2. The third kappa shape index (κ3) is 2.12. The van der Waals surface area contributed by atoms with Crippen molar-refractivity contribution >= 4 is 34.2 Å². The summed E-state index contributed by atoms with van der Waals surface area (Å²) < 4.78 is 2.29. The van der Waals surface area contributed by atoms with E-state index in [1.165, 1.54) is 12.8 Å². The molecule has 1 saturated carbocycles. The molecule has 21 heavy (non-hydrogen) atoms. The second-order valence-electron chi connectivity index (χ2n) is 5.48. The van der Waals surface area contributed by atoms with Crippen molar-refractivity contribution in [3.05, 3.63) is 46.2 Å². The first-order valence-corrected chi connectivity index (χ1v) is 7.68. The molecule has 3 nitrogen and oxygen atoms in total. The van der Waals surface area contributed by atoms with Crippen LogP contribution >= 0.6 is 23.2 Å². The van der Waals surface area contributed by atoms with Crippen molar-refractivity contribution in [3.8, 4) is 11.4 Å². The zero-order chi connectivity index (χ0) is 14.6. The molecule has 0 atom stereocenters. The molecule has 0 aliphatic heterocycles. The summed E-state index contributed by atoms with van der Waals surface area (Å²) in [5.41, 5.74) is 4.17. The van der Waals surface area contributed by atoms with Gasteiger partial charge in [-0.15, -0.1) is 0 Å². The van der Waals surface area contributed by atoms with Gasteiger partial charge < -0.3 is 4.57 Å². The molecule has 4 rings (SSSR count). The number of aromatic nitrogens is 3. The number of rotatable bonds is 2. The Hall–Kier alpha value is -1.58. The fourth-order valence-electron chi connectivity index (χ4n) is 2.71.